The van der Waals surface area contributed by atoms with Gasteiger partial charge in [0, 0.05) is 17.7 Å². The van der Waals surface area contributed by atoms with Crippen molar-refractivity contribution in [3.8, 4) is 11.6 Å². The van der Waals surface area contributed by atoms with Gasteiger partial charge in [-0.25, -0.2) is 10.8 Å². The standard InChI is InChI=1S/C14H17ClN4O2/c1-3-20-8-13-17-12(19-16)7-14(18-13)21-10-4-5-11(15)9(2)6-10/h4-7H,3,8,16H2,1-2H3,(H,17,18,19). The van der Waals surface area contributed by atoms with Crippen LogP contribution in [0.2, 0.25) is 5.02 Å². The van der Waals surface area contributed by atoms with Crippen molar-refractivity contribution < 1.29 is 9.47 Å². The van der Waals surface area contributed by atoms with Crippen LogP contribution in [-0.2, 0) is 11.3 Å². The molecule has 0 amide bonds. The molecule has 0 radical (unpaired) electrons. The Bertz CT molecular complexity index is 622. The summed E-state index contributed by atoms with van der Waals surface area (Å²) in [5, 5.41) is 0.686. The van der Waals surface area contributed by atoms with Gasteiger partial charge in [-0.15, -0.1) is 0 Å². The van der Waals surface area contributed by atoms with Crippen LogP contribution in [0, 0.1) is 6.92 Å². The molecular formula is C14H17ClN4O2. The van der Waals surface area contributed by atoms with E-state index in [-0.39, 0.29) is 0 Å². The number of aromatic nitrogens is 2. The zero-order valence-corrected chi connectivity index (χ0v) is 12.6. The molecule has 0 spiro atoms. The van der Waals surface area contributed by atoms with Gasteiger partial charge in [0.2, 0.25) is 5.88 Å². The highest BCUT2D eigenvalue weighted by Crippen LogP contribution is 2.26. The summed E-state index contributed by atoms with van der Waals surface area (Å²) in [6, 6.07) is 6.99. The van der Waals surface area contributed by atoms with Crippen LogP contribution < -0.4 is 16.0 Å². The summed E-state index contributed by atoms with van der Waals surface area (Å²) in [6.07, 6.45) is 0. The molecule has 0 unspecified atom stereocenters. The molecule has 0 saturated carbocycles. The fraction of sp³-hybridized carbons (Fsp3) is 0.286. The smallest absolute Gasteiger partial charge is 0.224 e. The lowest BCUT2D eigenvalue weighted by atomic mass is 10.2. The van der Waals surface area contributed by atoms with E-state index in [9.17, 15) is 0 Å². The first-order chi connectivity index (χ1) is 10.1. The molecule has 0 bridgehead atoms. The van der Waals surface area contributed by atoms with E-state index in [1.54, 1.807) is 18.2 Å². The van der Waals surface area contributed by atoms with Gasteiger partial charge in [-0.1, -0.05) is 11.6 Å². The number of hydrazine groups is 1. The SMILES string of the molecule is CCOCc1nc(NN)cc(Oc2ccc(Cl)c(C)c2)n1. The van der Waals surface area contributed by atoms with Crippen molar-refractivity contribution in [3.63, 3.8) is 0 Å². The largest absolute Gasteiger partial charge is 0.439 e. The second kappa shape index (κ2) is 7.21. The maximum absolute atomic E-state index is 5.99. The summed E-state index contributed by atoms with van der Waals surface area (Å²) in [4.78, 5) is 8.47. The van der Waals surface area contributed by atoms with E-state index >= 15 is 0 Å². The molecule has 112 valence electrons. The summed E-state index contributed by atoms with van der Waals surface area (Å²) in [5.41, 5.74) is 3.41. The molecular weight excluding hydrogens is 292 g/mol. The highest BCUT2D eigenvalue weighted by atomic mass is 35.5. The van der Waals surface area contributed by atoms with E-state index in [1.807, 2.05) is 19.9 Å². The van der Waals surface area contributed by atoms with Gasteiger partial charge in [0.1, 0.15) is 18.2 Å². The van der Waals surface area contributed by atoms with Crippen molar-refractivity contribution in [2.24, 2.45) is 5.84 Å². The molecule has 3 N–H and O–H groups in total. The Morgan fingerprint density at radius 3 is 2.76 bits per heavy atom. The van der Waals surface area contributed by atoms with Gasteiger partial charge >= 0.3 is 0 Å². The van der Waals surface area contributed by atoms with E-state index in [2.05, 4.69) is 15.4 Å². The quantitative estimate of drug-likeness (QED) is 0.630. The predicted octanol–water partition coefficient (Wildman–Crippen LogP) is 3.05. The van der Waals surface area contributed by atoms with Crippen LogP contribution in [0.3, 0.4) is 0 Å². The van der Waals surface area contributed by atoms with Gasteiger partial charge in [-0.2, -0.15) is 4.98 Å². The number of anilines is 1. The van der Waals surface area contributed by atoms with E-state index < -0.39 is 0 Å². The fourth-order valence-corrected chi connectivity index (χ4v) is 1.78. The van der Waals surface area contributed by atoms with Crippen LogP contribution >= 0.6 is 11.6 Å². The Morgan fingerprint density at radius 1 is 1.29 bits per heavy atom. The average Bonchev–Trinajstić information content (AvgIpc) is 2.48. The third kappa shape index (κ3) is 4.29. The number of nitrogen functional groups attached to an aromatic ring is 1. The van der Waals surface area contributed by atoms with Crippen LogP contribution in [-0.4, -0.2) is 16.6 Å². The second-order valence-electron chi connectivity index (χ2n) is 4.30. The van der Waals surface area contributed by atoms with Gasteiger partial charge in [-0.05, 0) is 37.6 Å². The first kappa shape index (κ1) is 15.5. The third-order valence-corrected chi connectivity index (χ3v) is 3.11. The lowest BCUT2D eigenvalue weighted by Crippen LogP contribution is -2.11. The number of benzene rings is 1. The minimum atomic E-state index is 0.294. The topological polar surface area (TPSA) is 82.3 Å². The van der Waals surface area contributed by atoms with Crippen molar-refractivity contribution in [3.05, 3.63) is 40.7 Å². The molecule has 1 aromatic carbocycles. The molecule has 0 atom stereocenters. The van der Waals surface area contributed by atoms with Crippen LogP contribution in [0.4, 0.5) is 5.82 Å². The maximum atomic E-state index is 5.99. The van der Waals surface area contributed by atoms with Gasteiger partial charge in [0.25, 0.3) is 0 Å². The van der Waals surface area contributed by atoms with Crippen molar-refractivity contribution in [2.75, 3.05) is 12.0 Å². The van der Waals surface area contributed by atoms with Gasteiger partial charge in [0.05, 0.1) is 0 Å². The molecule has 6 nitrogen and oxygen atoms in total. The van der Waals surface area contributed by atoms with Crippen LogP contribution in [0.1, 0.15) is 18.3 Å². The van der Waals surface area contributed by atoms with Gasteiger partial charge in [0.15, 0.2) is 5.82 Å². The van der Waals surface area contributed by atoms with Crippen molar-refractivity contribution in [2.45, 2.75) is 20.5 Å². The Hall–Kier alpha value is -1.89. The number of rotatable bonds is 6. The number of hydrogen-bond donors (Lipinski definition) is 2. The normalized spacial score (nSPS) is 10.5. The Morgan fingerprint density at radius 2 is 2.10 bits per heavy atom. The van der Waals surface area contributed by atoms with E-state index in [1.165, 1.54) is 0 Å². The molecule has 2 aromatic rings. The number of nitrogens with one attached hydrogen (secondary N) is 1. The molecule has 0 saturated heterocycles. The molecule has 1 aromatic heterocycles. The molecule has 0 aliphatic heterocycles. The Labute approximate surface area is 128 Å². The van der Waals surface area contributed by atoms with E-state index in [4.69, 9.17) is 26.9 Å². The van der Waals surface area contributed by atoms with Crippen LogP contribution in [0.5, 0.6) is 11.6 Å². The van der Waals surface area contributed by atoms with E-state index in [0.717, 1.165) is 5.56 Å². The van der Waals surface area contributed by atoms with Gasteiger partial charge < -0.3 is 14.9 Å². The lowest BCUT2D eigenvalue weighted by molar-refractivity contribution is 0.128. The van der Waals surface area contributed by atoms with Crippen molar-refractivity contribution in [1.29, 1.82) is 0 Å². The number of ether oxygens (including phenoxy) is 2. The number of halogens is 1. The summed E-state index contributed by atoms with van der Waals surface area (Å²) in [5.74, 6) is 7.38. The first-order valence-corrected chi connectivity index (χ1v) is 6.86. The van der Waals surface area contributed by atoms with Crippen LogP contribution in [0.25, 0.3) is 0 Å². The highest BCUT2D eigenvalue weighted by Gasteiger charge is 2.07. The summed E-state index contributed by atoms with van der Waals surface area (Å²) in [6.45, 7) is 4.68. The predicted molar refractivity (Wildman–Crippen MR) is 81.4 cm³/mol. The summed E-state index contributed by atoms with van der Waals surface area (Å²) in [7, 11) is 0. The summed E-state index contributed by atoms with van der Waals surface area (Å²) < 4.78 is 11.0. The molecule has 7 heteroatoms. The number of aryl methyl sites for hydroxylation is 1. The monoisotopic (exact) mass is 308 g/mol. The third-order valence-electron chi connectivity index (χ3n) is 2.68. The Kier molecular flexibility index (Phi) is 5.32. The number of nitrogens with two attached hydrogens (primary N) is 1. The van der Waals surface area contributed by atoms with Crippen molar-refractivity contribution >= 4 is 17.4 Å². The number of hydrogen-bond acceptors (Lipinski definition) is 6. The minimum Gasteiger partial charge on any atom is -0.439 e. The highest BCUT2D eigenvalue weighted by molar-refractivity contribution is 6.31. The molecule has 0 aliphatic rings. The lowest BCUT2D eigenvalue weighted by Gasteiger charge is -2.10. The van der Waals surface area contributed by atoms with Crippen molar-refractivity contribution in [1.82, 2.24) is 9.97 Å². The molecule has 1 heterocycles. The molecule has 0 fully saturated rings. The number of nitrogens with zero attached hydrogens (tertiary/aromatic N) is 2. The Balaban J connectivity index is 2.23. The second-order valence-corrected chi connectivity index (χ2v) is 4.71. The maximum Gasteiger partial charge on any atom is 0.224 e. The zero-order chi connectivity index (χ0) is 15.2. The van der Waals surface area contributed by atoms with Crippen LogP contribution in [0.15, 0.2) is 24.3 Å². The molecule has 0 aliphatic carbocycles. The molecule has 2 rings (SSSR count). The fourth-order valence-electron chi connectivity index (χ4n) is 1.66. The minimum absolute atomic E-state index is 0.294. The first-order valence-electron chi connectivity index (χ1n) is 6.48. The van der Waals surface area contributed by atoms with Gasteiger partial charge in [-0.3, -0.25) is 0 Å². The molecule has 21 heavy (non-hydrogen) atoms. The summed E-state index contributed by atoms with van der Waals surface area (Å²) >= 11 is 5.99. The van der Waals surface area contributed by atoms with E-state index in [0.29, 0.717) is 41.5 Å². The zero-order valence-electron chi connectivity index (χ0n) is 11.9. The average molecular weight is 309 g/mol.